The standard InChI is InChI=1S/C26H28O3/c1-19-18-22(26(2,3)4)12-15-24(19)29-25(27)21-10-13-23(14-11-21)28-17-16-20-8-6-5-7-9-20/h5-15,18H,16-17H2,1-4H3. The van der Waals surface area contributed by atoms with Crippen LogP contribution in [0.2, 0.25) is 0 Å². The fourth-order valence-corrected chi connectivity index (χ4v) is 3.01. The van der Waals surface area contributed by atoms with Crippen molar-refractivity contribution < 1.29 is 14.3 Å². The lowest BCUT2D eigenvalue weighted by Gasteiger charge is -2.20. The maximum atomic E-state index is 12.5. The molecular weight excluding hydrogens is 360 g/mol. The van der Waals surface area contributed by atoms with Crippen LogP contribution in [0.1, 0.15) is 47.8 Å². The Hall–Kier alpha value is -3.07. The molecule has 0 N–H and O–H groups in total. The highest BCUT2D eigenvalue weighted by Crippen LogP contribution is 2.28. The lowest BCUT2D eigenvalue weighted by molar-refractivity contribution is 0.0733. The first kappa shape index (κ1) is 20.7. The molecule has 0 fully saturated rings. The number of aryl methyl sites for hydroxylation is 1. The highest BCUT2D eigenvalue weighted by atomic mass is 16.5. The summed E-state index contributed by atoms with van der Waals surface area (Å²) in [5.74, 6) is 0.960. The number of carbonyl (C=O) groups is 1. The maximum absolute atomic E-state index is 12.5. The Balaban J connectivity index is 1.57. The van der Waals surface area contributed by atoms with Gasteiger partial charge >= 0.3 is 5.97 Å². The second-order valence-electron chi connectivity index (χ2n) is 8.23. The van der Waals surface area contributed by atoms with Crippen LogP contribution in [0.5, 0.6) is 11.5 Å². The van der Waals surface area contributed by atoms with E-state index in [2.05, 4.69) is 39.0 Å². The molecule has 0 heterocycles. The van der Waals surface area contributed by atoms with Gasteiger partial charge in [-0.1, -0.05) is 63.2 Å². The van der Waals surface area contributed by atoms with Gasteiger partial charge in [-0.15, -0.1) is 0 Å². The van der Waals surface area contributed by atoms with Gasteiger partial charge in [0.05, 0.1) is 12.2 Å². The second kappa shape index (κ2) is 8.95. The zero-order valence-corrected chi connectivity index (χ0v) is 17.6. The molecule has 3 nitrogen and oxygen atoms in total. The first-order chi connectivity index (χ1) is 13.8. The molecule has 0 bridgehead atoms. The minimum Gasteiger partial charge on any atom is -0.493 e. The molecule has 150 valence electrons. The van der Waals surface area contributed by atoms with E-state index in [4.69, 9.17) is 9.47 Å². The third-order valence-electron chi connectivity index (χ3n) is 4.84. The molecule has 0 saturated heterocycles. The van der Waals surface area contributed by atoms with E-state index in [1.807, 2.05) is 37.3 Å². The molecule has 0 atom stereocenters. The summed E-state index contributed by atoms with van der Waals surface area (Å²) in [7, 11) is 0. The Kier molecular flexibility index (Phi) is 6.38. The Morgan fingerprint density at radius 1 is 0.897 bits per heavy atom. The summed E-state index contributed by atoms with van der Waals surface area (Å²) >= 11 is 0. The maximum Gasteiger partial charge on any atom is 0.343 e. The zero-order valence-electron chi connectivity index (χ0n) is 17.6. The summed E-state index contributed by atoms with van der Waals surface area (Å²) in [5, 5.41) is 0. The summed E-state index contributed by atoms with van der Waals surface area (Å²) in [6.07, 6.45) is 0.842. The quantitative estimate of drug-likeness (QED) is 0.376. The Morgan fingerprint density at radius 2 is 1.59 bits per heavy atom. The Morgan fingerprint density at radius 3 is 2.21 bits per heavy atom. The van der Waals surface area contributed by atoms with Gasteiger partial charge in [-0.2, -0.15) is 0 Å². The van der Waals surface area contributed by atoms with Gasteiger partial charge in [-0.25, -0.2) is 4.79 Å². The van der Waals surface area contributed by atoms with Crippen molar-refractivity contribution in [1.82, 2.24) is 0 Å². The summed E-state index contributed by atoms with van der Waals surface area (Å²) in [6.45, 7) is 9.04. The van der Waals surface area contributed by atoms with Crippen LogP contribution in [0.3, 0.4) is 0 Å². The number of carbonyl (C=O) groups excluding carboxylic acids is 1. The summed E-state index contributed by atoms with van der Waals surface area (Å²) in [4.78, 5) is 12.5. The molecule has 3 aromatic rings. The van der Waals surface area contributed by atoms with Gasteiger partial charge < -0.3 is 9.47 Å². The van der Waals surface area contributed by atoms with Crippen molar-refractivity contribution >= 4 is 5.97 Å². The van der Waals surface area contributed by atoms with Crippen LogP contribution in [0.15, 0.2) is 72.8 Å². The summed E-state index contributed by atoms with van der Waals surface area (Å²) < 4.78 is 11.4. The Labute approximate surface area is 173 Å². The monoisotopic (exact) mass is 388 g/mol. The van der Waals surface area contributed by atoms with E-state index in [9.17, 15) is 4.79 Å². The van der Waals surface area contributed by atoms with Crippen molar-refractivity contribution in [3.63, 3.8) is 0 Å². The van der Waals surface area contributed by atoms with Crippen molar-refractivity contribution in [1.29, 1.82) is 0 Å². The van der Waals surface area contributed by atoms with E-state index in [0.29, 0.717) is 17.9 Å². The number of hydrogen-bond acceptors (Lipinski definition) is 3. The molecular formula is C26H28O3. The van der Waals surface area contributed by atoms with E-state index in [1.54, 1.807) is 24.3 Å². The molecule has 3 rings (SSSR count). The lowest BCUT2D eigenvalue weighted by Crippen LogP contribution is -2.13. The third-order valence-corrected chi connectivity index (χ3v) is 4.84. The van der Waals surface area contributed by atoms with Gasteiger partial charge in [0.2, 0.25) is 0 Å². The lowest BCUT2D eigenvalue weighted by atomic mass is 9.86. The van der Waals surface area contributed by atoms with Crippen molar-refractivity contribution in [2.75, 3.05) is 6.61 Å². The van der Waals surface area contributed by atoms with E-state index in [-0.39, 0.29) is 11.4 Å². The van der Waals surface area contributed by atoms with Crippen LogP contribution in [-0.2, 0) is 11.8 Å². The normalized spacial score (nSPS) is 11.2. The van der Waals surface area contributed by atoms with Crippen molar-refractivity contribution in [3.8, 4) is 11.5 Å². The first-order valence-corrected chi connectivity index (χ1v) is 9.93. The minimum absolute atomic E-state index is 0.0592. The number of rotatable bonds is 6. The molecule has 0 aliphatic rings. The highest BCUT2D eigenvalue weighted by molar-refractivity contribution is 5.91. The fourth-order valence-electron chi connectivity index (χ4n) is 3.01. The summed E-state index contributed by atoms with van der Waals surface area (Å²) in [5.41, 5.74) is 3.96. The summed E-state index contributed by atoms with van der Waals surface area (Å²) in [6, 6.07) is 23.2. The molecule has 3 aromatic carbocycles. The number of esters is 1. The Bertz CT molecular complexity index is 951. The van der Waals surface area contributed by atoms with Crippen molar-refractivity contribution in [3.05, 3.63) is 95.1 Å². The molecule has 0 spiro atoms. The van der Waals surface area contributed by atoms with Gasteiger partial charge in [0.15, 0.2) is 0 Å². The molecule has 0 radical (unpaired) electrons. The predicted molar refractivity (Wildman–Crippen MR) is 117 cm³/mol. The third kappa shape index (κ3) is 5.71. The van der Waals surface area contributed by atoms with Crippen LogP contribution in [0.4, 0.5) is 0 Å². The van der Waals surface area contributed by atoms with Crippen LogP contribution in [0, 0.1) is 6.92 Å². The fraction of sp³-hybridized carbons (Fsp3) is 0.269. The topological polar surface area (TPSA) is 35.5 Å². The molecule has 0 unspecified atom stereocenters. The van der Waals surface area contributed by atoms with E-state index >= 15 is 0 Å². The molecule has 0 aliphatic carbocycles. The van der Waals surface area contributed by atoms with Gasteiger partial charge in [0.1, 0.15) is 11.5 Å². The molecule has 3 heteroatoms. The van der Waals surface area contributed by atoms with Crippen LogP contribution in [0.25, 0.3) is 0 Å². The van der Waals surface area contributed by atoms with Gasteiger partial charge in [-0.3, -0.25) is 0 Å². The van der Waals surface area contributed by atoms with Gasteiger partial charge in [0, 0.05) is 6.42 Å². The predicted octanol–water partition coefficient (Wildman–Crippen LogP) is 6.13. The van der Waals surface area contributed by atoms with E-state index < -0.39 is 0 Å². The second-order valence-corrected chi connectivity index (χ2v) is 8.23. The zero-order chi connectivity index (χ0) is 20.9. The molecule has 0 aromatic heterocycles. The number of ether oxygens (including phenoxy) is 2. The number of hydrogen-bond donors (Lipinski definition) is 0. The van der Waals surface area contributed by atoms with Crippen molar-refractivity contribution in [2.24, 2.45) is 0 Å². The average Bonchev–Trinajstić information content (AvgIpc) is 2.70. The first-order valence-electron chi connectivity index (χ1n) is 9.93. The van der Waals surface area contributed by atoms with Crippen LogP contribution < -0.4 is 9.47 Å². The number of benzene rings is 3. The van der Waals surface area contributed by atoms with Gasteiger partial charge in [-0.05, 0) is 59.4 Å². The molecule has 0 amide bonds. The van der Waals surface area contributed by atoms with Gasteiger partial charge in [0.25, 0.3) is 0 Å². The average molecular weight is 389 g/mol. The molecule has 0 aliphatic heterocycles. The van der Waals surface area contributed by atoms with E-state index in [0.717, 1.165) is 17.7 Å². The highest BCUT2D eigenvalue weighted by Gasteiger charge is 2.16. The van der Waals surface area contributed by atoms with Crippen LogP contribution >= 0.6 is 0 Å². The largest absolute Gasteiger partial charge is 0.493 e. The van der Waals surface area contributed by atoms with Crippen molar-refractivity contribution in [2.45, 2.75) is 39.5 Å². The smallest absolute Gasteiger partial charge is 0.343 e. The van der Waals surface area contributed by atoms with Crippen LogP contribution in [-0.4, -0.2) is 12.6 Å². The molecule has 0 saturated carbocycles. The SMILES string of the molecule is Cc1cc(C(C)(C)C)ccc1OC(=O)c1ccc(OCCc2ccccc2)cc1. The van der Waals surface area contributed by atoms with E-state index in [1.165, 1.54) is 11.1 Å². The minimum atomic E-state index is -0.368. The molecule has 29 heavy (non-hydrogen) atoms.